The third-order valence-electron chi connectivity index (χ3n) is 12.6. The molecule has 0 aliphatic carbocycles. The molecule has 13 aromatic rings. The minimum atomic E-state index is 0.967. The van der Waals surface area contributed by atoms with Crippen molar-refractivity contribution in [3.05, 3.63) is 206 Å². The van der Waals surface area contributed by atoms with Crippen LogP contribution in [0.5, 0.6) is 0 Å². The topological polar surface area (TPSA) is 16.1 Å². The van der Waals surface area contributed by atoms with E-state index in [0.717, 1.165) is 33.9 Å². The number of benzene rings is 11. The largest absolute Gasteiger partial charge is 0.310 e. The molecule has 2 nitrogen and oxygen atoms in total. The van der Waals surface area contributed by atoms with E-state index in [-0.39, 0.29) is 0 Å². The number of pyridine rings is 1. The minimum absolute atomic E-state index is 0.967. The Hall–Kier alpha value is -7.59. The van der Waals surface area contributed by atoms with Crippen LogP contribution in [0.1, 0.15) is 0 Å². The fraction of sp³-hybridized carbons (Fsp3) is 0. The first kappa shape index (κ1) is 33.4. The van der Waals surface area contributed by atoms with Gasteiger partial charge in [-0.3, -0.25) is 4.98 Å². The van der Waals surface area contributed by atoms with E-state index in [1.807, 2.05) is 11.3 Å². The zero-order valence-corrected chi connectivity index (χ0v) is 33.2. The standard InChI is InChI=1S/C57H34N2S/c1-3-11-39(12-4-1)59(40-13-5-2-6-14-40)52-32-24-36-20-26-45-41(25-19-35-21-28-49(52)55(36)54(35)45)38-23-31-51(58-34-38)37-22-27-47-50(33-37)43-16-8-7-15-42(43)46-29-30-48-44-17-9-10-18-53(44)60-57(48)56(46)47/h1-34H. The highest BCUT2D eigenvalue weighted by Crippen LogP contribution is 2.47. The summed E-state index contributed by atoms with van der Waals surface area (Å²) in [6.45, 7) is 0. The smallest absolute Gasteiger partial charge is 0.0702 e. The number of hydrogen-bond donors (Lipinski definition) is 0. The maximum absolute atomic E-state index is 5.16. The Balaban J connectivity index is 0.947. The van der Waals surface area contributed by atoms with Crippen molar-refractivity contribution in [3.8, 4) is 22.4 Å². The van der Waals surface area contributed by atoms with Crippen molar-refractivity contribution in [1.29, 1.82) is 0 Å². The average molecular weight is 779 g/mol. The Bertz CT molecular complexity index is 3770. The summed E-state index contributed by atoms with van der Waals surface area (Å²) >= 11 is 1.90. The summed E-state index contributed by atoms with van der Waals surface area (Å²) in [5.74, 6) is 0. The van der Waals surface area contributed by atoms with Crippen LogP contribution in [0, 0.1) is 0 Å². The van der Waals surface area contributed by atoms with E-state index in [9.17, 15) is 0 Å². The summed E-state index contributed by atoms with van der Waals surface area (Å²) in [6, 6.07) is 73.3. The molecule has 0 aliphatic rings. The van der Waals surface area contributed by atoms with Gasteiger partial charge in [0.1, 0.15) is 0 Å². The molecule has 0 bridgehead atoms. The normalized spacial score (nSPS) is 12.0. The second-order valence-electron chi connectivity index (χ2n) is 15.8. The third kappa shape index (κ3) is 4.90. The summed E-state index contributed by atoms with van der Waals surface area (Å²) in [4.78, 5) is 7.54. The molecule has 11 aromatic carbocycles. The van der Waals surface area contributed by atoms with E-state index >= 15 is 0 Å². The van der Waals surface area contributed by atoms with Crippen LogP contribution in [0.15, 0.2) is 206 Å². The van der Waals surface area contributed by atoms with Crippen LogP contribution >= 0.6 is 11.3 Å². The fourth-order valence-corrected chi connectivity index (χ4v) is 11.2. The summed E-state index contributed by atoms with van der Waals surface area (Å²) in [5.41, 5.74) is 7.80. The van der Waals surface area contributed by atoms with Gasteiger partial charge in [0.2, 0.25) is 0 Å². The van der Waals surface area contributed by atoms with Crippen LogP contribution in [-0.4, -0.2) is 4.98 Å². The zero-order valence-electron chi connectivity index (χ0n) is 32.4. The van der Waals surface area contributed by atoms with Gasteiger partial charge in [0.05, 0.1) is 11.4 Å². The van der Waals surface area contributed by atoms with Crippen LogP contribution in [0.3, 0.4) is 0 Å². The minimum Gasteiger partial charge on any atom is -0.310 e. The second kappa shape index (κ2) is 13.0. The Kier molecular flexibility index (Phi) is 7.21. The number of thiophene rings is 1. The van der Waals surface area contributed by atoms with Crippen molar-refractivity contribution in [2.75, 3.05) is 4.90 Å². The van der Waals surface area contributed by atoms with Gasteiger partial charge in [0, 0.05) is 59.6 Å². The molecular weight excluding hydrogens is 745 g/mol. The molecule has 0 amide bonds. The number of anilines is 3. The van der Waals surface area contributed by atoms with Gasteiger partial charge in [-0.05, 0) is 108 Å². The van der Waals surface area contributed by atoms with Crippen LogP contribution in [-0.2, 0) is 0 Å². The van der Waals surface area contributed by atoms with Gasteiger partial charge >= 0.3 is 0 Å². The third-order valence-corrected chi connectivity index (χ3v) is 13.8. The lowest BCUT2D eigenvalue weighted by atomic mass is 9.89. The molecule has 13 rings (SSSR count). The number of hydrogen-bond acceptors (Lipinski definition) is 3. The van der Waals surface area contributed by atoms with Crippen molar-refractivity contribution in [2.45, 2.75) is 0 Å². The number of nitrogens with zero attached hydrogens (tertiary/aromatic N) is 2. The second-order valence-corrected chi connectivity index (χ2v) is 16.9. The highest BCUT2D eigenvalue weighted by Gasteiger charge is 2.20. The maximum atomic E-state index is 5.16. The van der Waals surface area contributed by atoms with Crippen LogP contribution in [0.25, 0.3) is 107 Å². The zero-order chi connectivity index (χ0) is 39.3. The molecule has 0 atom stereocenters. The van der Waals surface area contributed by atoms with Gasteiger partial charge in [-0.2, -0.15) is 0 Å². The van der Waals surface area contributed by atoms with E-state index in [2.05, 4.69) is 211 Å². The summed E-state index contributed by atoms with van der Waals surface area (Å²) in [5, 5.41) is 17.9. The Morgan fingerprint density at radius 2 is 0.933 bits per heavy atom. The van der Waals surface area contributed by atoms with Crippen LogP contribution in [0.4, 0.5) is 17.1 Å². The van der Waals surface area contributed by atoms with E-state index < -0.39 is 0 Å². The SMILES string of the molecule is c1ccc(N(c2ccccc2)c2ccc3ccc4c(-c5ccc(-c6ccc7c(c6)c6ccccc6c6ccc8c9ccccc9sc8c67)nc5)ccc5ccc2c3c54)cc1. The van der Waals surface area contributed by atoms with E-state index in [1.54, 1.807) is 0 Å². The molecule has 0 aliphatic heterocycles. The van der Waals surface area contributed by atoms with Crippen molar-refractivity contribution in [3.63, 3.8) is 0 Å². The van der Waals surface area contributed by atoms with E-state index in [4.69, 9.17) is 4.98 Å². The first-order valence-electron chi connectivity index (χ1n) is 20.5. The van der Waals surface area contributed by atoms with E-state index in [0.29, 0.717) is 0 Å². The molecule has 0 saturated carbocycles. The summed E-state index contributed by atoms with van der Waals surface area (Å²) in [7, 11) is 0. The molecule has 2 heterocycles. The molecule has 0 radical (unpaired) electrons. The van der Waals surface area contributed by atoms with Crippen molar-refractivity contribution in [2.24, 2.45) is 0 Å². The molecule has 0 saturated heterocycles. The molecule has 278 valence electrons. The number of fused-ring (bicyclic) bond motifs is 10. The van der Waals surface area contributed by atoms with Crippen molar-refractivity contribution >= 4 is 113 Å². The number of aromatic nitrogens is 1. The highest BCUT2D eigenvalue weighted by molar-refractivity contribution is 7.26. The van der Waals surface area contributed by atoms with Gasteiger partial charge in [0.15, 0.2) is 0 Å². The monoisotopic (exact) mass is 778 g/mol. The molecule has 60 heavy (non-hydrogen) atoms. The van der Waals surface area contributed by atoms with Crippen molar-refractivity contribution in [1.82, 2.24) is 4.98 Å². The fourth-order valence-electron chi connectivity index (χ4n) is 9.92. The summed E-state index contributed by atoms with van der Waals surface area (Å²) < 4.78 is 2.68. The van der Waals surface area contributed by atoms with Crippen LogP contribution in [0.2, 0.25) is 0 Å². The van der Waals surface area contributed by atoms with Gasteiger partial charge in [-0.15, -0.1) is 11.3 Å². The molecule has 0 unspecified atom stereocenters. The van der Waals surface area contributed by atoms with Gasteiger partial charge in [0.25, 0.3) is 0 Å². The Morgan fingerprint density at radius 3 is 1.68 bits per heavy atom. The average Bonchev–Trinajstić information content (AvgIpc) is 3.71. The van der Waals surface area contributed by atoms with Gasteiger partial charge in [-0.25, -0.2) is 0 Å². The number of rotatable bonds is 5. The lowest BCUT2D eigenvalue weighted by Crippen LogP contribution is -2.10. The Labute approximate surface area is 350 Å². The number of para-hydroxylation sites is 2. The summed E-state index contributed by atoms with van der Waals surface area (Å²) in [6.07, 6.45) is 2.06. The predicted octanol–water partition coefficient (Wildman–Crippen LogP) is 16.6. The first-order valence-corrected chi connectivity index (χ1v) is 21.3. The van der Waals surface area contributed by atoms with Gasteiger partial charge < -0.3 is 4.90 Å². The van der Waals surface area contributed by atoms with Gasteiger partial charge in [-0.1, -0.05) is 152 Å². The lowest BCUT2D eigenvalue weighted by molar-refractivity contribution is 1.30. The molecular formula is C57H34N2S. The quantitative estimate of drug-likeness (QED) is 0.162. The molecule has 3 heteroatoms. The Morgan fingerprint density at radius 1 is 0.367 bits per heavy atom. The van der Waals surface area contributed by atoms with Crippen LogP contribution < -0.4 is 4.90 Å². The lowest BCUT2D eigenvalue weighted by Gasteiger charge is -2.27. The highest BCUT2D eigenvalue weighted by atomic mass is 32.1. The van der Waals surface area contributed by atoms with Crippen molar-refractivity contribution < 1.29 is 0 Å². The maximum Gasteiger partial charge on any atom is 0.0702 e. The molecule has 0 spiro atoms. The predicted molar refractivity (Wildman–Crippen MR) is 259 cm³/mol. The molecule has 2 aromatic heterocycles. The first-order chi connectivity index (χ1) is 29.8. The van der Waals surface area contributed by atoms with E-state index in [1.165, 1.54) is 90.4 Å². The molecule has 0 N–H and O–H groups in total. The molecule has 0 fully saturated rings.